The average Bonchev–Trinajstić information content (AvgIpc) is 2.70. The molecule has 0 radical (unpaired) electrons. The van der Waals surface area contributed by atoms with Crippen molar-refractivity contribution in [1.29, 1.82) is 0 Å². The van der Waals surface area contributed by atoms with Crippen LogP contribution >= 0.6 is 0 Å². The first kappa shape index (κ1) is 13.2. The Morgan fingerprint density at radius 1 is 1.05 bits per heavy atom. The molecule has 1 atom stereocenters. The van der Waals surface area contributed by atoms with Crippen molar-refractivity contribution in [2.45, 2.75) is 39.7 Å². The molecule has 20 heavy (non-hydrogen) atoms. The van der Waals surface area contributed by atoms with Gasteiger partial charge in [0.15, 0.2) is 0 Å². The van der Waals surface area contributed by atoms with Crippen LogP contribution in [0.2, 0.25) is 0 Å². The summed E-state index contributed by atoms with van der Waals surface area (Å²) in [5.41, 5.74) is 5.81. The van der Waals surface area contributed by atoms with Gasteiger partial charge in [-0.2, -0.15) is 0 Å². The zero-order valence-electron chi connectivity index (χ0n) is 12.6. The van der Waals surface area contributed by atoms with Gasteiger partial charge in [0, 0.05) is 5.69 Å². The van der Waals surface area contributed by atoms with Crippen molar-refractivity contribution in [1.82, 2.24) is 0 Å². The monoisotopic (exact) mass is 265 g/mol. The molecule has 0 aliphatic heterocycles. The van der Waals surface area contributed by atoms with Gasteiger partial charge in [0.25, 0.3) is 0 Å². The molecule has 2 aromatic rings. The van der Waals surface area contributed by atoms with E-state index in [0.717, 1.165) is 12.8 Å². The molecule has 0 amide bonds. The van der Waals surface area contributed by atoms with E-state index in [2.05, 4.69) is 74.6 Å². The predicted molar refractivity (Wildman–Crippen MR) is 86.1 cm³/mol. The molecule has 0 heterocycles. The summed E-state index contributed by atoms with van der Waals surface area (Å²) in [7, 11) is 0. The molecule has 1 unspecified atom stereocenters. The van der Waals surface area contributed by atoms with Crippen molar-refractivity contribution >= 4 is 5.69 Å². The van der Waals surface area contributed by atoms with E-state index in [0.29, 0.717) is 6.04 Å². The number of aryl methyl sites for hydroxylation is 1. The Bertz CT molecular complexity index is 595. The molecule has 0 spiro atoms. The molecule has 104 valence electrons. The van der Waals surface area contributed by atoms with Crippen molar-refractivity contribution in [2.75, 3.05) is 5.32 Å². The standard InChI is InChI=1S/C19H23N/c1-4-14-9-11-16(12-10-14)20-18-17-8-6-5-7-15(17)13-19(18,2)3/h5-12,18,20H,4,13H2,1-3H3. The Hall–Kier alpha value is -1.76. The highest BCUT2D eigenvalue weighted by atomic mass is 14.9. The zero-order chi connectivity index (χ0) is 14.2. The van der Waals surface area contributed by atoms with Crippen LogP contribution in [0, 0.1) is 5.41 Å². The molecule has 0 aromatic heterocycles. The predicted octanol–water partition coefficient (Wildman–Crippen LogP) is 4.98. The lowest BCUT2D eigenvalue weighted by Gasteiger charge is -2.29. The first-order valence-corrected chi connectivity index (χ1v) is 7.53. The van der Waals surface area contributed by atoms with Crippen LogP contribution in [-0.2, 0) is 12.8 Å². The highest BCUT2D eigenvalue weighted by molar-refractivity contribution is 5.50. The van der Waals surface area contributed by atoms with E-state index in [1.165, 1.54) is 22.4 Å². The van der Waals surface area contributed by atoms with E-state index in [4.69, 9.17) is 0 Å². The van der Waals surface area contributed by atoms with E-state index in [1.807, 2.05) is 0 Å². The average molecular weight is 265 g/mol. The van der Waals surface area contributed by atoms with Crippen LogP contribution in [0.3, 0.4) is 0 Å². The molecule has 0 saturated carbocycles. The highest BCUT2D eigenvalue weighted by Crippen LogP contribution is 2.46. The first-order valence-electron chi connectivity index (χ1n) is 7.53. The Morgan fingerprint density at radius 3 is 2.45 bits per heavy atom. The minimum atomic E-state index is 0.257. The lowest BCUT2D eigenvalue weighted by molar-refractivity contribution is 0.337. The molecule has 3 rings (SSSR count). The molecule has 0 saturated heterocycles. The van der Waals surface area contributed by atoms with E-state index in [1.54, 1.807) is 0 Å². The fourth-order valence-electron chi connectivity index (χ4n) is 3.27. The lowest BCUT2D eigenvalue weighted by atomic mass is 9.85. The molecule has 0 fully saturated rings. The summed E-state index contributed by atoms with van der Waals surface area (Å²) in [6, 6.07) is 18.1. The summed E-state index contributed by atoms with van der Waals surface area (Å²) < 4.78 is 0. The highest BCUT2D eigenvalue weighted by Gasteiger charge is 2.38. The van der Waals surface area contributed by atoms with Gasteiger partial charge < -0.3 is 5.32 Å². The van der Waals surface area contributed by atoms with Gasteiger partial charge in [-0.3, -0.25) is 0 Å². The second-order valence-electron chi connectivity index (χ2n) is 6.49. The first-order chi connectivity index (χ1) is 9.60. The normalized spacial score (nSPS) is 19.6. The van der Waals surface area contributed by atoms with Gasteiger partial charge in [-0.25, -0.2) is 0 Å². The maximum Gasteiger partial charge on any atom is 0.0570 e. The number of anilines is 1. The zero-order valence-corrected chi connectivity index (χ0v) is 12.6. The second-order valence-corrected chi connectivity index (χ2v) is 6.49. The fraction of sp³-hybridized carbons (Fsp3) is 0.368. The summed E-state index contributed by atoms with van der Waals surface area (Å²) in [4.78, 5) is 0. The van der Waals surface area contributed by atoms with Gasteiger partial charge >= 0.3 is 0 Å². The number of rotatable bonds is 3. The molecule has 1 aliphatic carbocycles. The van der Waals surface area contributed by atoms with Gasteiger partial charge in [0.2, 0.25) is 0 Å². The van der Waals surface area contributed by atoms with E-state index in [-0.39, 0.29) is 5.41 Å². The van der Waals surface area contributed by atoms with Crippen molar-refractivity contribution in [3.8, 4) is 0 Å². The maximum absolute atomic E-state index is 3.74. The van der Waals surface area contributed by atoms with Crippen LogP contribution in [-0.4, -0.2) is 0 Å². The lowest BCUT2D eigenvalue weighted by Crippen LogP contribution is -2.24. The summed E-state index contributed by atoms with van der Waals surface area (Å²) in [6.45, 7) is 6.90. The minimum Gasteiger partial charge on any atom is -0.378 e. The van der Waals surface area contributed by atoms with Crippen LogP contribution in [0.25, 0.3) is 0 Å². The van der Waals surface area contributed by atoms with Crippen LogP contribution < -0.4 is 5.32 Å². The molecular formula is C19H23N. The Labute approximate surface area is 122 Å². The van der Waals surface area contributed by atoms with Crippen LogP contribution in [0.4, 0.5) is 5.69 Å². The summed E-state index contributed by atoms with van der Waals surface area (Å²) in [5.74, 6) is 0. The fourth-order valence-corrected chi connectivity index (χ4v) is 3.27. The smallest absolute Gasteiger partial charge is 0.0570 e. The van der Waals surface area contributed by atoms with Crippen LogP contribution in [0.5, 0.6) is 0 Å². The third-order valence-corrected chi connectivity index (χ3v) is 4.47. The Morgan fingerprint density at radius 2 is 1.75 bits per heavy atom. The SMILES string of the molecule is CCc1ccc(NC2c3ccccc3CC2(C)C)cc1. The maximum atomic E-state index is 3.74. The van der Waals surface area contributed by atoms with Gasteiger partial charge in [-0.05, 0) is 47.1 Å². The van der Waals surface area contributed by atoms with Crippen molar-refractivity contribution in [2.24, 2.45) is 5.41 Å². The molecule has 1 nitrogen and oxygen atoms in total. The Balaban J connectivity index is 1.88. The molecule has 2 aromatic carbocycles. The van der Waals surface area contributed by atoms with Gasteiger partial charge in [-0.1, -0.05) is 57.2 Å². The minimum absolute atomic E-state index is 0.257. The third-order valence-electron chi connectivity index (χ3n) is 4.47. The topological polar surface area (TPSA) is 12.0 Å². The van der Waals surface area contributed by atoms with Crippen LogP contribution in [0.1, 0.15) is 43.5 Å². The largest absolute Gasteiger partial charge is 0.378 e. The van der Waals surface area contributed by atoms with E-state index < -0.39 is 0 Å². The van der Waals surface area contributed by atoms with Crippen molar-refractivity contribution < 1.29 is 0 Å². The van der Waals surface area contributed by atoms with Crippen molar-refractivity contribution in [3.63, 3.8) is 0 Å². The van der Waals surface area contributed by atoms with E-state index >= 15 is 0 Å². The number of hydrogen-bond donors (Lipinski definition) is 1. The molecule has 1 aliphatic rings. The molecular weight excluding hydrogens is 242 g/mol. The second kappa shape index (κ2) is 4.97. The third kappa shape index (κ3) is 2.33. The molecule has 1 heteroatoms. The van der Waals surface area contributed by atoms with Gasteiger partial charge in [-0.15, -0.1) is 0 Å². The molecule has 0 bridgehead atoms. The summed E-state index contributed by atoms with van der Waals surface area (Å²) in [6.07, 6.45) is 2.24. The Kier molecular flexibility index (Phi) is 3.29. The van der Waals surface area contributed by atoms with Gasteiger partial charge in [0.1, 0.15) is 0 Å². The van der Waals surface area contributed by atoms with Gasteiger partial charge in [0.05, 0.1) is 6.04 Å². The number of hydrogen-bond acceptors (Lipinski definition) is 1. The van der Waals surface area contributed by atoms with Crippen molar-refractivity contribution in [3.05, 3.63) is 65.2 Å². The number of nitrogens with one attached hydrogen (secondary N) is 1. The summed E-state index contributed by atoms with van der Waals surface area (Å²) >= 11 is 0. The summed E-state index contributed by atoms with van der Waals surface area (Å²) in [5, 5.41) is 3.74. The number of benzene rings is 2. The quantitative estimate of drug-likeness (QED) is 0.825. The van der Waals surface area contributed by atoms with Crippen LogP contribution in [0.15, 0.2) is 48.5 Å². The van der Waals surface area contributed by atoms with E-state index in [9.17, 15) is 0 Å². The number of fused-ring (bicyclic) bond motifs is 1. The molecule has 1 N–H and O–H groups in total.